The van der Waals surface area contributed by atoms with Gasteiger partial charge in [0.2, 0.25) is 0 Å². The Morgan fingerprint density at radius 2 is 1.24 bits per heavy atom. The molecule has 1 saturated carbocycles. The van der Waals surface area contributed by atoms with Crippen molar-refractivity contribution in [2.45, 2.75) is 155 Å². The summed E-state index contributed by atoms with van der Waals surface area (Å²) < 4.78 is 5.99. The molecule has 1 aliphatic carbocycles. The van der Waals surface area contributed by atoms with Gasteiger partial charge in [-0.1, -0.05) is 104 Å². The van der Waals surface area contributed by atoms with Gasteiger partial charge in [-0.2, -0.15) is 0 Å². The van der Waals surface area contributed by atoms with Gasteiger partial charge in [0.05, 0.1) is 11.8 Å². The van der Waals surface area contributed by atoms with Gasteiger partial charge in [0.1, 0.15) is 6.10 Å². The zero-order valence-corrected chi connectivity index (χ0v) is 22.1. The summed E-state index contributed by atoms with van der Waals surface area (Å²) in [5.41, 5.74) is 0. The SMILES string of the molecule is CCCCCCCCCCCCCC(CCCCC(C)C)OC(=O)C1CCCC(C(=O)O)C1. The third-order valence-electron chi connectivity index (χ3n) is 7.33. The minimum absolute atomic E-state index is 0.00781. The standard InChI is InChI=1S/C29H54O4/c1-4-5-6-7-8-9-10-11-12-13-14-21-27(22-16-15-18-24(2)3)33-29(32)26-20-17-19-25(23-26)28(30)31/h24-27H,4-23H2,1-3H3,(H,30,31). The van der Waals surface area contributed by atoms with E-state index in [0.29, 0.717) is 18.8 Å². The van der Waals surface area contributed by atoms with E-state index in [4.69, 9.17) is 4.74 Å². The van der Waals surface area contributed by atoms with Crippen LogP contribution in [0.3, 0.4) is 0 Å². The zero-order chi connectivity index (χ0) is 24.3. The van der Waals surface area contributed by atoms with Crippen LogP contribution in [0.25, 0.3) is 0 Å². The number of carboxylic acids is 1. The van der Waals surface area contributed by atoms with E-state index in [1.165, 1.54) is 77.0 Å². The molecule has 4 heteroatoms. The van der Waals surface area contributed by atoms with Gasteiger partial charge in [-0.3, -0.25) is 9.59 Å². The summed E-state index contributed by atoms with van der Waals surface area (Å²) >= 11 is 0. The summed E-state index contributed by atoms with van der Waals surface area (Å²) in [6.45, 7) is 6.78. The minimum Gasteiger partial charge on any atom is -0.481 e. The molecular formula is C29H54O4. The van der Waals surface area contributed by atoms with Crippen LogP contribution in [0.1, 0.15) is 149 Å². The van der Waals surface area contributed by atoms with Crippen molar-refractivity contribution in [1.82, 2.24) is 0 Å². The number of hydrogen-bond donors (Lipinski definition) is 1. The van der Waals surface area contributed by atoms with E-state index in [2.05, 4.69) is 20.8 Å². The van der Waals surface area contributed by atoms with Gasteiger partial charge in [0.15, 0.2) is 0 Å². The lowest BCUT2D eigenvalue weighted by atomic mass is 9.81. The summed E-state index contributed by atoms with van der Waals surface area (Å²) in [5, 5.41) is 9.32. The molecule has 1 N–H and O–H groups in total. The zero-order valence-electron chi connectivity index (χ0n) is 22.1. The van der Waals surface area contributed by atoms with Crippen molar-refractivity contribution in [1.29, 1.82) is 0 Å². The second-order valence-electron chi connectivity index (χ2n) is 11.0. The van der Waals surface area contributed by atoms with Crippen LogP contribution in [-0.2, 0) is 14.3 Å². The lowest BCUT2D eigenvalue weighted by Crippen LogP contribution is -2.31. The van der Waals surface area contributed by atoms with Gasteiger partial charge in [-0.15, -0.1) is 0 Å². The van der Waals surface area contributed by atoms with E-state index in [0.717, 1.165) is 38.5 Å². The Morgan fingerprint density at radius 1 is 0.758 bits per heavy atom. The Morgan fingerprint density at radius 3 is 1.79 bits per heavy atom. The highest BCUT2D eigenvalue weighted by Crippen LogP contribution is 2.31. The van der Waals surface area contributed by atoms with Crippen LogP contribution in [0.5, 0.6) is 0 Å². The summed E-state index contributed by atoms with van der Waals surface area (Å²) in [6.07, 6.45) is 22.7. The monoisotopic (exact) mass is 466 g/mol. The van der Waals surface area contributed by atoms with Crippen LogP contribution >= 0.6 is 0 Å². The van der Waals surface area contributed by atoms with E-state index >= 15 is 0 Å². The molecule has 0 spiro atoms. The largest absolute Gasteiger partial charge is 0.481 e. The Bertz CT molecular complexity index is 502. The number of carbonyl (C=O) groups excluding carboxylic acids is 1. The topological polar surface area (TPSA) is 63.6 Å². The molecule has 33 heavy (non-hydrogen) atoms. The van der Waals surface area contributed by atoms with Crippen molar-refractivity contribution < 1.29 is 19.4 Å². The van der Waals surface area contributed by atoms with Crippen LogP contribution in [0.15, 0.2) is 0 Å². The number of esters is 1. The second kappa shape index (κ2) is 19.3. The number of carboxylic acid groups (broad SMARTS) is 1. The van der Waals surface area contributed by atoms with Crippen molar-refractivity contribution in [2.24, 2.45) is 17.8 Å². The number of rotatable bonds is 20. The van der Waals surface area contributed by atoms with Crippen LogP contribution < -0.4 is 0 Å². The lowest BCUT2D eigenvalue weighted by molar-refractivity contribution is -0.158. The molecule has 0 radical (unpaired) electrons. The summed E-state index contributed by atoms with van der Waals surface area (Å²) in [4.78, 5) is 24.2. The molecule has 0 saturated heterocycles. The summed E-state index contributed by atoms with van der Waals surface area (Å²) in [6, 6.07) is 0. The van der Waals surface area contributed by atoms with Crippen molar-refractivity contribution >= 4 is 11.9 Å². The molecule has 0 aromatic rings. The highest BCUT2D eigenvalue weighted by molar-refractivity contribution is 5.75. The van der Waals surface area contributed by atoms with E-state index in [9.17, 15) is 14.7 Å². The van der Waals surface area contributed by atoms with Crippen molar-refractivity contribution in [2.75, 3.05) is 0 Å². The molecule has 0 heterocycles. The molecule has 0 aliphatic heterocycles. The maximum absolute atomic E-state index is 12.8. The number of ether oxygens (including phenoxy) is 1. The molecule has 194 valence electrons. The number of carbonyl (C=O) groups is 2. The first-order valence-corrected chi connectivity index (χ1v) is 14.4. The summed E-state index contributed by atoms with van der Waals surface area (Å²) in [7, 11) is 0. The third kappa shape index (κ3) is 15.5. The van der Waals surface area contributed by atoms with E-state index in [-0.39, 0.29) is 23.9 Å². The fourth-order valence-corrected chi connectivity index (χ4v) is 5.11. The van der Waals surface area contributed by atoms with Crippen LogP contribution in [-0.4, -0.2) is 23.1 Å². The Balaban J connectivity index is 2.30. The molecule has 3 atom stereocenters. The summed E-state index contributed by atoms with van der Waals surface area (Å²) in [5.74, 6) is -0.799. The predicted octanol–water partition coefficient (Wildman–Crippen LogP) is 8.71. The average molecular weight is 467 g/mol. The van der Waals surface area contributed by atoms with Crippen molar-refractivity contribution in [3.05, 3.63) is 0 Å². The molecule has 3 unspecified atom stereocenters. The molecule has 0 amide bonds. The number of unbranched alkanes of at least 4 members (excludes halogenated alkanes) is 11. The maximum Gasteiger partial charge on any atom is 0.309 e. The highest BCUT2D eigenvalue weighted by atomic mass is 16.5. The van der Waals surface area contributed by atoms with Gasteiger partial charge in [0.25, 0.3) is 0 Å². The number of hydrogen-bond acceptors (Lipinski definition) is 3. The first-order valence-electron chi connectivity index (χ1n) is 14.4. The van der Waals surface area contributed by atoms with Gasteiger partial charge < -0.3 is 9.84 Å². The minimum atomic E-state index is -0.765. The normalized spacial score (nSPS) is 19.5. The molecule has 1 fully saturated rings. The molecule has 0 aromatic carbocycles. The van der Waals surface area contributed by atoms with Gasteiger partial charge in [-0.05, 0) is 50.9 Å². The Kier molecular flexibility index (Phi) is 17.5. The van der Waals surface area contributed by atoms with Gasteiger partial charge in [0, 0.05) is 0 Å². The fraction of sp³-hybridized carbons (Fsp3) is 0.931. The molecule has 0 bridgehead atoms. The van der Waals surface area contributed by atoms with Gasteiger partial charge in [-0.25, -0.2) is 0 Å². The van der Waals surface area contributed by atoms with Crippen LogP contribution in [0, 0.1) is 17.8 Å². The molecule has 1 aliphatic rings. The molecular weight excluding hydrogens is 412 g/mol. The molecule has 4 nitrogen and oxygen atoms in total. The Labute approximate surface area is 204 Å². The first kappa shape index (κ1) is 30.0. The molecule has 1 rings (SSSR count). The first-order chi connectivity index (χ1) is 15.9. The lowest BCUT2D eigenvalue weighted by Gasteiger charge is -2.27. The van der Waals surface area contributed by atoms with E-state index < -0.39 is 5.97 Å². The average Bonchev–Trinajstić information content (AvgIpc) is 2.79. The predicted molar refractivity (Wildman–Crippen MR) is 137 cm³/mol. The second-order valence-corrected chi connectivity index (χ2v) is 11.0. The highest BCUT2D eigenvalue weighted by Gasteiger charge is 2.32. The number of aliphatic carboxylic acids is 1. The smallest absolute Gasteiger partial charge is 0.309 e. The molecule has 0 aromatic heterocycles. The van der Waals surface area contributed by atoms with E-state index in [1.807, 2.05) is 0 Å². The Hall–Kier alpha value is -1.06. The van der Waals surface area contributed by atoms with Crippen LogP contribution in [0.2, 0.25) is 0 Å². The van der Waals surface area contributed by atoms with Gasteiger partial charge >= 0.3 is 11.9 Å². The van der Waals surface area contributed by atoms with E-state index in [1.54, 1.807) is 0 Å². The third-order valence-corrected chi connectivity index (χ3v) is 7.33. The van der Waals surface area contributed by atoms with Crippen LogP contribution in [0.4, 0.5) is 0 Å². The quantitative estimate of drug-likeness (QED) is 0.144. The fourth-order valence-electron chi connectivity index (χ4n) is 5.11. The van der Waals surface area contributed by atoms with Crippen molar-refractivity contribution in [3.8, 4) is 0 Å². The van der Waals surface area contributed by atoms with Crippen molar-refractivity contribution in [3.63, 3.8) is 0 Å². The maximum atomic E-state index is 12.8.